The van der Waals surface area contributed by atoms with Gasteiger partial charge in [-0.2, -0.15) is 0 Å². The fraction of sp³-hybridized carbons (Fsp3) is 0.475. The van der Waals surface area contributed by atoms with Crippen LogP contribution in [0.1, 0.15) is 200 Å². The first kappa shape index (κ1) is 78.3. The van der Waals surface area contributed by atoms with Gasteiger partial charge in [0.15, 0.2) is 33.4 Å². The SMILES string of the molecule is CC[C@H]1CCCC[C@@H]1N(C)c1cnc2c(n1)CN=C2c1cccc(Cl)c1F.CC[C@H]1CCCC[C@H]1N(C)c1cnc2c(n1)CN=C2c1cccc(Cl)c1F.C[C@@H]1CCCC[C@@H]1N(C)c1cnc2c(n1)CN=C2Oc1ccnc(Cl)c1Cl.C[C@H]1CCCC[C@H]1N(C)c1cnc2c(n1)CN=C2Oc1ccnc(Cl)c1Cl. The van der Waals surface area contributed by atoms with Crippen molar-refractivity contribution in [1.29, 1.82) is 0 Å². The Labute approximate surface area is 660 Å². The van der Waals surface area contributed by atoms with Crippen LogP contribution < -0.4 is 29.1 Å². The Bertz CT molecular complexity index is 4420. The normalized spacial score (nSPS) is 21.6. The van der Waals surface area contributed by atoms with Crippen LogP contribution in [0.25, 0.3) is 0 Å². The van der Waals surface area contributed by atoms with Crippen molar-refractivity contribution in [2.75, 3.05) is 47.8 Å². The van der Waals surface area contributed by atoms with Gasteiger partial charge in [-0.15, -0.1) is 0 Å². The minimum Gasteiger partial charge on any atom is -0.435 e. The highest BCUT2D eigenvalue weighted by molar-refractivity contribution is 6.42. The molecule has 28 heteroatoms. The van der Waals surface area contributed by atoms with E-state index in [1.54, 1.807) is 61.2 Å². The molecule has 4 saturated carbocycles. The Kier molecular flexibility index (Phi) is 25.7. The van der Waals surface area contributed by atoms with Crippen LogP contribution in [0.5, 0.6) is 11.5 Å². The van der Waals surface area contributed by atoms with Gasteiger partial charge in [-0.25, -0.2) is 68.6 Å². The van der Waals surface area contributed by atoms with Gasteiger partial charge in [0, 0.05) is 88.0 Å². The number of benzene rings is 2. The molecule has 4 aliphatic carbocycles. The van der Waals surface area contributed by atoms with Gasteiger partial charge in [0.1, 0.15) is 56.1 Å². The highest BCUT2D eigenvalue weighted by Crippen LogP contribution is 2.39. The molecule has 16 rings (SSSR count). The van der Waals surface area contributed by atoms with Gasteiger partial charge in [0.2, 0.25) is 11.8 Å². The van der Waals surface area contributed by atoms with Crippen molar-refractivity contribution >= 4 is 116 Å². The van der Waals surface area contributed by atoms with Gasteiger partial charge in [-0.05, 0) is 99.3 Å². The first-order valence-corrected chi connectivity index (χ1v) is 39.9. The number of halogens is 8. The maximum atomic E-state index is 14.4. The summed E-state index contributed by atoms with van der Waals surface area (Å²) in [6, 6.07) is 15.2. The Morgan fingerprint density at radius 1 is 0.398 bits per heavy atom. The van der Waals surface area contributed by atoms with Crippen molar-refractivity contribution in [3.05, 3.63) is 184 Å². The summed E-state index contributed by atoms with van der Waals surface area (Å²) < 4.78 is 40.5. The first-order chi connectivity index (χ1) is 52.3. The van der Waals surface area contributed by atoms with Crippen molar-refractivity contribution in [1.82, 2.24) is 49.8 Å². The third kappa shape index (κ3) is 17.2. The Morgan fingerprint density at radius 2 is 0.722 bits per heavy atom. The van der Waals surface area contributed by atoms with Crippen LogP contribution >= 0.6 is 69.6 Å². The number of fused-ring (bicyclic) bond motifs is 4. The second kappa shape index (κ2) is 35.4. The highest BCUT2D eigenvalue weighted by atomic mass is 35.5. The maximum Gasteiger partial charge on any atom is 0.243 e. The van der Waals surface area contributed by atoms with Gasteiger partial charge >= 0.3 is 0 Å². The second-order valence-electron chi connectivity index (χ2n) is 29.0. The maximum absolute atomic E-state index is 14.4. The number of rotatable bonds is 14. The van der Waals surface area contributed by atoms with Crippen molar-refractivity contribution in [2.45, 2.75) is 194 Å². The molecule has 4 fully saturated rings. The van der Waals surface area contributed by atoms with Gasteiger partial charge < -0.3 is 29.1 Å². The molecule has 0 unspecified atom stereocenters. The van der Waals surface area contributed by atoms with Crippen molar-refractivity contribution in [3.63, 3.8) is 0 Å². The van der Waals surface area contributed by atoms with E-state index in [1.165, 1.54) is 140 Å². The van der Waals surface area contributed by atoms with E-state index in [0.717, 1.165) is 46.0 Å². The van der Waals surface area contributed by atoms with E-state index in [-0.39, 0.29) is 30.4 Å². The molecule has 6 aromatic heterocycles. The molecule has 2 aromatic carbocycles. The lowest BCUT2D eigenvalue weighted by Crippen LogP contribution is -2.40. The predicted octanol–water partition coefficient (Wildman–Crippen LogP) is 19.1. The lowest BCUT2D eigenvalue weighted by Gasteiger charge is -2.38. The van der Waals surface area contributed by atoms with Crippen LogP contribution in [0, 0.1) is 35.3 Å². The minimum absolute atomic E-state index is 0.0934. The molecule has 20 nitrogen and oxygen atoms in total. The largest absolute Gasteiger partial charge is 0.435 e. The lowest BCUT2D eigenvalue weighted by molar-refractivity contribution is 0.291. The van der Waals surface area contributed by atoms with E-state index >= 15 is 0 Å². The number of hydrogen-bond acceptors (Lipinski definition) is 20. The summed E-state index contributed by atoms with van der Waals surface area (Å²) in [5.41, 5.74) is 7.68. The molecular formula is C80H90Cl6F2N18O2. The zero-order valence-corrected chi connectivity index (χ0v) is 66.7. The molecule has 8 aromatic rings. The standard InChI is InChI=1S/2C21H24ClFN4.2C19H21Cl2N5O/c2*1-3-13-7-4-5-10-17(13)27(2)18-12-25-21-16(26-18)11-24-20(21)14-8-6-9-15(22)19(14)23;2*1-11-5-3-4-6-13(11)26(2)15-10-23-17-12(25-15)9-24-19(17)27-14-7-8-22-18(21)16(14)20/h2*6,8-9,12-13,17H,3-5,7,10-11H2,1-2H3;2*7-8,10-11,13H,3-6,9H2,1-2H3/t13-,17+;13-,17-;2*11-,13+/m0010/s1. The Morgan fingerprint density at radius 3 is 1.09 bits per heavy atom. The van der Waals surface area contributed by atoms with E-state index in [1.807, 2.05) is 0 Å². The third-order valence-corrected chi connectivity index (χ3v) is 24.6. The number of aromatic nitrogens is 10. The number of nitrogens with zero attached hydrogens (tertiary/aromatic N) is 18. The minimum atomic E-state index is -0.457. The Balaban J connectivity index is 0.000000127. The van der Waals surface area contributed by atoms with Crippen LogP contribution in [-0.4, -0.2) is 125 Å². The monoisotopic (exact) mass is 1580 g/mol. The van der Waals surface area contributed by atoms with Crippen LogP contribution in [0.4, 0.5) is 32.1 Å². The summed E-state index contributed by atoms with van der Waals surface area (Å²) in [4.78, 5) is 72.4. The van der Waals surface area contributed by atoms with Crippen LogP contribution in [-0.2, 0) is 26.2 Å². The summed E-state index contributed by atoms with van der Waals surface area (Å²) in [6.45, 7) is 10.9. The predicted molar refractivity (Wildman–Crippen MR) is 428 cm³/mol. The highest BCUT2D eigenvalue weighted by Gasteiger charge is 2.35. The van der Waals surface area contributed by atoms with E-state index in [9.17, 15) is 8.78 Å². The van der Waals surface area contributed by atoms with Crippen molar-refractivity contribution in [3.8, 4) is 11.5 Å². The van der Waals surface area contributed by atoms with Crippen LogP contribution in [0.3, 0.4) is 0 Å². The molecule has 0 bridgehead atoms. The average molecular weight is 1590 g/mol. The molecule has 8 atom stereocenters. The van der Waals surface area contributed by atoms with E-state index < -0.39 is 11.6 Å². The zero-order chi connectivity index (χ0) is 75.9. The summed E-state index contributed by atoms with van der Waals surface area (Å²) in [7, 11) is 8.44. The van der Waals surface area contributed by atoms with Crippen molar-refractivity contribution in [2.24, 2.45) is 43.6 Å². The van der Waals surface area contributed by atoms with E-state index in [2.05, 4.69) is 125 Å². The molecule has 0 spiro atoms. The summed E-state index contributed by atoms with van der Waals surface area (Å²) in [5, 5.41) is 1.08. The Hall–Kier alpha value is -7.86. The van der Waals surface area contributed by atoms with Crippen LogP contribution in [0.2, 0.25) is 30.4 Å². The summed E-state index contributed by atoms with van der Waals surface area (Å²) >= 11 is 36.0. The van der Waals surface area contributed by atoms with Crippen molar-refractivity contribution < 1.29 is 18.3 Å². The fourth-order valence-electron chi connectivity index (χ4n) is 16.3. The molecule has 0 N–H and O–H groups in total. The molecule has 8 aliphatic rings. The van der Waals surface area contributed by atoms with Gasteiger partial charge in [-0.3, -0.25) is 9.98 Å². The number of pyridine rings is 2. The van der Waals surface area contributed by atoms with Gasteiger partial charge in [0.25, 0.3) is 0 Å². The molecule has 4 aliphatic heterocycles. The van der Waals surface area contributed by atoms with E-state index in [0.29, 0.717) is 143 Å². The van der Waals surface area contributed by atoms with E-state index in [4.69, 9.17) is 99.0 Å². The second-order valence-corrected chi connectivity index (χ2v) is 31.3. The molecule has 0 saturated heterocycles. The van der Waals surface area contributed by atoms with Gasteiger partial charge in [-0.1, -0.05) is 174 Å². The van der Waals surface area contributed by atoms with Gasteiger partial charge in [0.05, 0.1) is 95.2 Å². The summed E-state index contributed by atoms with van der Waals surface area (Å²) in [6.07, 6.45) is 32.9. The molecule has 108 heavy (non-hydrogen) atoms. The molecule has 0 radical (unpaired) electrons. The molecule has 10 heterocycles. The molecule has 568 valence electrons. The first-order valence-electron chi connectivity index (χ1n) is 37.7. The van der Waals surface area contributed by atoms with Crippen LogP contribution in [0.15, 0.2) is 106 Å². The molecule has 0 amide bonds. The summed E-state index contributed by atoms with van der Waals surface area (Å²) in [5.74, 6) is 6.95. The lowest BCUT2D eigenvalue weighted by atomic mass is 9.82. The number of aliphatic imine (C=N–C) groups is 4. The quantitative estimate of drug-likeness (QED) is 0.0927. The zero-order valence-electron chi connectivity index (χ0n) is 62.1. The average Bonchev–Trinajstić information content (AvgIpc) is 1.65. The third-order valence-electron chi connectivity index (χ3n) is 22.5. The number of ether oxygens (including phenoxy) is 2. The fourth-order valence-corrected chi connectivity index (χ4v) is 17.3. The smallest absolute Gasteiger partial charge is 0.243 e. The number of hydrogen-bond donors (Lipinski definition) is 0. The topological polar surface area (TPSA) is 210 Å². The number of anilines is 4. The molecular weight excluding hydrogens is 1500 g/mol.